The van der Waals surface area contributed by atoms with Gasteiger partial charge in [0.25, 0.3) is 0 Å². The van der Waals surface area contributed by atoms with Crippen molar-refractivity contribution in [3.8, 4) is 11.1 Å². The SMILES string of the molecule is O=C([O-])c1sc2cc(F)ccc2c1-c1c(F)cncc1F. The number of fused-ring (bicyclic) bond motifs is 1. The number of aromatic carboxylic acids is 1. The van der Waals surface area contributed by atoms with Crippen LogP contribution in [-0.2, 0) is 0 Å². The number of carboxylic acids is 1. The molecule has 0 aliphatic carbocycles. The molecular formula is C14H5F3NO2S-. The van der Waals surface area contributed by atoms with E-state index in [1.54, 1.807) is 0 Å². The molecule has 3 aromatic rings. The number of nitrogens with zero attached hydrogens (tertiary/aromatic N) is 1. The Hall–Kier alpha value is -2.41. The van der Waals surface area contributed by atoms with E-state index < -0.39 is 29.0 Å². The Kier molecular flexibility index (Phi) is 3.13. The number of carboxylic acid groups (broad SMARTS) is 1. The van der Waals surface area contributed by atoms with Crippen LogP contribution in [0.15, 0.2) is 30.6 Å². The highest BCUT2D eigenvalue weighted by molar-refractivity contribution is 7.21. The summed E-state index contributed by atoms with van der Waals surface area (Å²) in [5.41, 5.74) is -0.672. The van der Waals surface area contributed by atoms with Crippen molar-refractivity contribution in [2.24, 2.45) is 0 Å². The molecule has 0 atom stereocenters. The molecule has 0 radical (unpaired) electrons. The molecule has 2 heterocycles. The van der Waals surface area contributed by atoms with E-state index in [1.807, 2.05) is 0 Å². The molecule has 0 unspecified atom stereocenters. The van der Waals surface area contributed by atoms with Gasteiger partial charge in [-0.1, -0.05) is 0 Å². The summed E-state index contributed by atoms with van der Waals surface area (Å²) in [4.78, 5) is 14.2. The van der Waals surface area contributed by atoms with E-state index in [0.717, 1.165) is 24.5 Å². The number of carbonyl (C=O) groups is 1. The predicted molar refractivity (Wildman–Crippen MR) is 69.3 cm³/mol. The van der Waals surface area contributed by atoms with Crippen LogP contribution in [0.4, 0.5) is 13.2 Å². The first-order chi connectivity index (χ1) is 9.99. The molecule has 3 nitrogen and oxygen atoms in total. The second-order valence-electron chi connectivity index (χ2n) is 4.21. The van der Waals surface area contributed by atoms with Crippen LogP contribution in [0.1, 0.15) is 9.67 Å². The van der Waals surface area contributed by atoms with Gasteiger partial charge in [-0.3, -0.25) is 4.98 Å². The lowest BCUT2D eigenvalue weighted by atomic mass is 10.0. The number of benzene rings is 1. The average Bonchev–Trinajstić information content (AvgIpc) is 2.77. The molecule has 0 saturated carbocycles. The number of carbonyl (C=O) groups excluding carboxylic acids is 1. The molecule has 0 amide bonds. The molecule has 21 heavy (non-hydrogen) atoms. The molecule has 0 fully saturated rings. The Morgan fingerprint density at radius 3 is 2.38 bits per heavy atom. The Balaban J connectivity index is 2.45. The number of hydrogen-bond acceptors (Lipinski definition) is 4. The van der Waals surface area contributed by atoms with Crippen molar-refractivity contribution >= 4 is 27.4 Å². The van der Waals surface area contributed by atoms with Crippen LogP contribution in [-0.4, -0.2) is 11.0 Å². The molecule has 0 N–H and O–H groups in total. The van der Waals surface area contributed by atoms with Gasteiger partial charge in [0.15, 0.2) is 11.6 Å². The van der Waals surface area contributed by atoms with E-state index in [4.69, 9.17) is 0 Å². The first-order valence-electron chi connectivity index (χ1n) is 5.72. The third-order valence-electron chi connectivity index (χ3n) is 2.94. The van der Waals surface area contributed by atoms with Gasteiger partial charge < -0.3 is 9.90 Å². The first kappa shape index (κ1) is 13.6. The number of thiophene rings is 1. The molecule has 0 aliphatic rings. The molecule has 0 aliphatic heterocycles. The largest absolute Gasteiger partial charge is 0.544 e. The predicted octanol–water partition coefficient (Wildman–Crippen LogP) is 2.74. The van der Waals surface area contributed by atoms with Gasteiger partial charge in [-0.05, 0) is 18.2 Å². The van der Waals surface area contributed by atoms with Crippen LogP contribution in [0.3, 0.4) is 0 Å². The smallest absolute Gasteiger partial charge is 0.152 e. The number of halogens is 3. The number of rotatable bonds is 2. The summed E-state index contributed by atoms with van der Waals surface area (Å²) in [6.07, 6.45) is 1.56. The standard InChI is InChI=1S/C14H6F3NO2S/c15-6-1-2-7-10(3-6)21-13(14(19)20)11(7)12-8(16)4-18-5-9(12)17/h1-5H,(H,19,20)/p-1. The van der Waals surface area contributed by atoms with E-state index in [2.05, 4.69) is 4.98 Å². The van der Waals surface area contributed by atoms with Crippen molar-refractivity contribution in [2.45, 2.75) is 0 Å². The maximum atomic E-state index is 13.9. The fraction of sp³-hybridized carbons (Fsp3) is 0. The minimum Gasteiger partial charge on any atom is -0.544 e. The van der Waals surface area contributed by atoms with E-state index in [-0.39, 0.29) is 20.5 Å². The van der Waals surface area contributed by atoms with Gasteiger partial charge in [0.1, 0.15) is 5.82 Å². The second-order valence-corrected chi connectivity index (χ2v) is 5.26. The number of pyridine rings is 1. The third-order valence-corrected chi connectivity index (χ3v) is 4.07. The van der Waals surface area contributed by atoms with Crippen LogP contribution in [0.5, 0.6) is 0 Å². The second kappa shape index (κ2) is 4.85. The quantitative estimate of drug-likeness (QED) is 0.731. The van der Waals surface area contributed by atoms with Gasteiger partial charge in [0, 0.05) is 15.6 Å². The van der Waals surface area contributed by atoms with Crippen LogP contribution in [0.2, 0.25) is 0 Å². The summed E-state index contributed by atoms with van der Waals surface area (Å²) in [6.45, 7) is 0. The zero-order valence-electron chi connectivity index (χ0n) is 10.2. The maximum Gasteiger partial charge on any atom is 0.152 e. The van der Waals surface area contributed by atoms with Gasteiger partial charge in [0.05, 0.1) is 28.8 Å². The number of hydrogen-bond donors (Lipinski definition) is 0. The molecule has 7 heteroatoms. The third kappa shape index (κ3) is 2.15. The molecule has 2 aromatic heterocycles. The highest BCUT2D eigenvalue weighted by Crippen LogP contribution is 2.40. The summed E-state index contributed by atoms with van der Waals surface area (Å²) >= 11 is 0.703. The highest BCUT2D eigenvalue weighted by Gasteiger charge is 2.21. The molecular weight excluding hydrogens is 303 g/mol. The van der Waals surface area contributed by atoms with Gasteiger partial charge in [-0.2, -0.15) is 0 Å². The van der Waals surface area contributed by atoms with Crippen molar-refractivity contribution in [2.75, 3.05) is 0 Å². The van der Waals surface area contributed by atoms with Crippen LogP contribution >= 0.6 is 11.3 Å². The molecule has 0 bridgehead atoms. The van der Waals surface area contributed by atoms with Crippen LogP contribution in [0, 0.1) is 17.5 Å². The fourth-order valence-electron chi connectivity index (χ4n) is 2.11. The minimum atomic E-state index is -1.58. The molecule has 0 saturated heterocycles. The summed E-state index contributed by atoms with van der Waals surface area (Å²) < 4.78 is 41.2. The zero-order valence-corrected chi connectivity index (χ0v) is 11.0. The van der Waals surface area contributed by atoms with Gasteiger partial charge >= 0.3 is 0 Å². The van der Waals surface area contributed by atoms with Crippen LogP contribution < -0.4 is 5.11 Å². The Labute approximate surface area is 120 Å². The minimum absolute atomic E-state index is 0.160. The van der Waals surface area contributed by atoms with E-state index in [1.165, 1.54) is 6.07 Å². The monoisotopic (exact) mass is 308 g/mol. The summed E-state index contributed by atoms with van der Waals surface area (Å²) in [5.74, 6) is -4.15. The Morgan fingerprint density at radius 1 is 1.10 bits per heavy atom. The molecule has 3 rings (SSSR count). The van der Waals surface area contributed by atoms with Crippen molar-refractivity contribution < 1.29 is 23.1 Å². The van der Waals surface area contributed by atoms with Gasteiger partial charge in [-0.25, -0.2) is 13.2 Å². The average molecular weight is 308 g/mol. The van der Waals surface area contributed by atoms with Crippen molar-refractivity contribution in [3.63, 3.8) is 0 Å². The maximum absolute atomic E-state index is 13.9. The lowest BCUT2D eigenvalue weighted by Crippen LogP contribution is -2.21. The van der Waals surface area contributed by atoms with Crippen LogP contribution in [0.25, 0.3) is 21.2 Å². The van der Waals surface area contributed by atoms with E-state index in [0.29, 0.717) is 11.3 Å². The summed E-state index contributed by atoms with van der Waals surface area (Å²) in [6, 6.07) is 3.48. The normalized spacial score (nSPS) is 11.0. The van der Waals surface area contributed by atoms with Crippen molar-refractivity contribution in [1.82, 2.24) is 4.98 Å². The van der Waals surface area contributed by atoms with E-state index in [9.17, 15) is 23.1 Å². The molecule has 0 spiro atoms. The summed E-state index contributed by atoms with van der Waals surface area (Å²) in [7, 11) is 0. The van der Waals surface area contributed by atoms with Crippen molar-refractivity contribution in [3.05, 3.63) is 52.9 Å². The first-order valence-corrected chi connectivity index (χ1v) is 6.53. The number of aromatic nitrogens is 1. The van der Waals surface area contributed by atoms with E-state index >= 15 is 0 Å². The lowest BCUT2D eigenvalue weighted by Gasteiger charge is -2.07. The topological polar surface area (TPSA) is 53.0 Å². The summed E-state index contributed by atoms with van der Waals surface area (Å²) in [5, 5.41) is 11.5. The highest BCUT2D eigenvalue weighted by atomic mass is 32.1. The van der Waals surface area contributed by atoms with Crippen molar-refractivity contribution in [1.29, 1.82) is 0 Å². The Morgan fingerprint density at radius 2 is 1.76 bits per heavy atom. The Bertz CT molecular complexity index is 856. The zero-order chi connectivity index (χ0) is 15.1. The lowest BCUT2D eigenvalue weighted by molar-refractivity contribution is -0.254. The van der Waals surface area contributed by atoms with Gasteiger partial charge in [0.2, 0.25) is 0 Å². The molecule has 106 valence electrons. The van der Waals surface area contributed by atoms with Gasteiger partial charge in [-0.15, -0.1) is 11.3 Å². The fourth-order valence-corrected chi connectivity index (χ4v) is 3.18. The molecule has 1 aromatic carbocycles.